The second kappa shape index (κ2) is 22.2. The summed E-state index contributed by atoms with van der Waals surface area (Å²) in [5, 5.41) is 74.9. The molecule has 0 amide bonds. The first-order valence-corrected chi connectivity index (χ1v) is 10.7. The topological polar surface area (TPSA) is 284 Å². The molecule has 0 aliphatic rings. The highest BCUT2D eigenvalue weighted by Crippen LogP contribution is 2.18. The van der Waals surface area contributed by atoms with E-state index in [0.29, 0.717) is 6.42 Å². The number of carbonyl (C=O) groups is 6. The van der Waals surface area contributed by atoms with Crippen LogP contribution < -0.4 is 0 Å². The summed E-state index contributed by atoms with van der Waals surface area (Å²) in [5.74, 6) is -11.4. The van der Waals surface area contributed by atoms with Crippen LogP contribution in [0.4, 0.5) is 0 Å². The number of carboxylic acid groups (broad SMARTS) is 6. The Labute approximate surface area is 207 Å². The molecule has 15 nitrogen and oxygen atoms in total. The average Bonchev–Trinajstić information content (AvgIpc) is 2.77. The number of rotatable bonds is 13. The first-order valence-electron chi connectivity index (χ1n) is 10.7. The Hall–Kier alpha value is -3.30. The van der Waals surface area contributed by atoms with Gasteiger partial charge in [0.1, 0.15) is 0 Å². The molecule has 0 fully saturated rings. The van der Waals surface area contributed by atoms with Crippen LogP contribution in [0.1, 0.15) is 53.4 Å². The Kier molecular flexibility index (Phi) is 24.6. The summed E-state index contributed by atoms with van der Waals surface area (Å²) < 4.78 is 0. The summed E-state index contributed by atoms with van der Waals surface area (Å²) in [5.41, 5.74) is -0.667. The highest BCUT2D eigenvalue weighted by Gasteiger charge is 2.25. The molecule has 0 aliphatic carbocycles. The number of hydrogen-bond donors (Lipinski definition) is 9. The predicted molar refractivity (Wildman–Crippen MR) is 121 cm³/mol. The van der Waals surface area contributed by atoms with E-state index in [0.717, 1.165) is 0 Å². The minimum Gasteiger partial charge on any atom is -0.481 e. The SMILES string of the molecule is CCC(C(=O)O)C(=O)O.CCC(C(=O)O)C(=O)O.CCC(C(=O)O)C(=O)O.CCC(CO)(CO)CO. The van der Waals surface area contributed by atoms with Crippen molar-refractivity contribution in [2.75, 3.05) is 19.8 Å². The maximum Gasteiger partial charge on any atom is 0.317 e. The molecule has 0 rings (SSSR count). The molecule has 0 aromatic carbocycles. The monoisotopic (exact) mass is 530 g/mol. The standard InChI is InChI=1S/C6H14O3.3C5H8O4/c1-2-6(3-7,4-8)5-9;3*1-2-3(4(6)7)5(8)9/h7-9H,2-5H2,1H3;3*3H,2H2,1H3,(H,6,7)(H,8,9). The van der Waals surface area contributed by atoms with E-state index in [2.05, 4.69) is 0 Å². The first kappa shape index (κ1) is 39.9. The van der Waals surface area contributed by atoms with E-state index in [1.165, 1.54) is 20.8 Å². The molecular weight excluding hydrogens is 492 g/mol. The highest BCUT2D eigenvalue weighted by molar-refractivity contribution is 5.93. The van der Waals surface area contributed by atoms with Crippen LogP contribution in [0.3, 0.4) is 0 Å². The van der Waals surface area contributed by atoms with Crippen molar-refractivity contribution in [3.05, 3.63) is 0 Å². The van der Waals surface area contributed by atoms with E-state index in [1.54, 1.807) is 0 Å². The van der Waals surface area contributed by atoms with Crippen molar-refractivity contribution in [2.24, 2.45) is 23.2 Å². The van der Waals surface area contributed by atoms with Crippen molar-refractivity contribution >= 4 is 35.8 Å². The lowest BCUT2D eigenvalue weighted by atomic mass is 9.88. The van der Waals surface area contributed by atoms with E-state index in [9.17, 15) is 28.8 Å². The van der Waals surface area contributed by atoms with Crippen LogP contribution in [0.15, 0.2) is 0 Å². The number of aliphatic hydroxyl groups is 3. The zero-order valence-electron chi connectivity index (χ0n) is 20.7. The average molecular weight is 531 g/mol. The summed E-state index contributed by atoms with van der Waals surface area (Å²) in [6, 6.07) is 0. The van der Waals surface area contributed by atoms with Gasteiger partial charge in [-0.1, -0.05) is 27.7 Å². The van der Waals surface area contributed by atoms with Gasteiger partial charge in [-0.25, -0.2) is 0 Å². The van der Waals surface area contributed by atoms with E-state index < -0.39 is 59.0 Å². The second-order valence-corrected chi connectivity index (χ2v) is 7.24. The van der Waals surface area contributed by atoms with E-state index in [4.69, 9.17) is 46.0 Å². The molecule has 0 unspecified atom stereocenters. The molecule has 0 aromatic rings. The lowest BCUT2D eigenvalue weighted by Gasteiger charge is -2.24. The molecule has 0 aromatic heterocycles. The normalized spacial score (nSPS) is 10.2. The largest absolute Gasteiger partial charge is 0.481 e. The van der Waals surface area contributed by atoms with Crippen molar-refractivity contribution in [2.45, 2.75) is 53.4 Å². The maximum absolute atomic E-state index is 9.99. The van der Waals surface area contributed by atoms with Crippen molar-refractivity contribution < 1.29 is 74.7 Å². The van der Waals surface area contributed by atoms with Gasteiger partial charge in [0.25, 0.3) is 0 Å². The smallest absolute Gasteiger partial charge is 0.317 e. The quantitative estimate of drug-likeness (QED) is 0.141. The molecule has 15 heteroatoms. The number of aliphatic carboxylic acids is 6. The molecule has 9 N–H and O–H groups in total. The van der Waals surface area contributed by atoms with Crippen molar-refractivity contribution in [1.29, 1.82) is 0 Å². The molecule has 0 heterocycles. The lowest BCUT2D eigenvalue weighted by molar-refractivity contribution is -0.156. The van der Waals surface area contributed by atoms with Crippen molar-refractivity contribution in [3.63, 3.8) is 0 Å². The summed E-state index contributed by atoms with van der Waals surface area (Å²) in [4.78, 5) is 59.9. The van der Waals surface area contributed by atoms with E-state index in [1.807, 2.05) is 6.92 Å². The molecule has 0 saturated carbocycles. The number of aliphatic hydroxyl groups excluding tert-OH is 3. The Morgan fingerprint density at radius 2 is 0.639 bits per heavy atom. The van der Waals surface area contributed by atoms with Gasteiger partial charge in [-0.05, 0) is 25.7 Å². The van der Waals surface area contributed by atoms with E-state index >= 15 is 0 Å². The van der Waals surface area contributed by atoms with E-state index in [-0.39, 0.29) is 39.1 Å². The zero-order valence-corrected chi connectivity index (χ0v) is 20.7. The molecule has 0 spiro atoms. The van der Waals surface area contributed by atoms with Crippen molar-refractivity contribution in [3.8, 4) is 0 Å². The van der Waals surface area contributed by atoms with Gasteiger partial charge in [-0.2, -0.15) is 0 Å². The summed E-state index contributed by atoms with van der Waals surface area (Å²) in [6.07, 6.45) is 0.983. The lowest BCUT2D eigenvalue weighted by Crippen LogP contribution is -2.32. The minimum absolute atomic E-state index is 0.130. The second-order valence-electron chi connectivity index (χ2n) is 7.24. The molecule has 0 bridgehead atoms. The van der Waals surface area contributed by atoms with Crippen LogP contribution in [-0.4, -0.2) is 102 Å². The molecular formula is C21H38O15. The maximum atomic E-state index is 9.99. The van der Waals surface area contributed by atoms with Gasteiger partial charge in [0, 0.05) is 5.41 Å². The molecule has 36 heavy (non-hydrogen) atoms. The van der Waals surface area contributed by atoms with Crippen LogP contribution in [0, 0.1) is 23.2 Å². The van der Waals surface area contributed by atoms with Gasteiger partial charge in [-0.15, -0.1) is 0 Å². The van der Waals surface area contributed by atoms with Crippen LogP contribution in [0.25, 0.3) is 0 Å². The van der Waals surface area contributed by atoms with Gasteiger partial charge < -0.3 is 46.0 Å². The third-order valence-corrected chi connectivity index (χ3v) is 4.77. The predicted octanol–water partition coefficient (Wildman–Crippen LogP) is -0.0949. The fraction of sp³-hybridized carbons (Fsp3) is 0.714. The summed E-state index contributed by atoms with van der Waals surface area (Å²) >= 11 is 0. The molecule has 0 atom stereocenters. The molecule has 0 radical (unpaired) electrons. The Balaban J connectivity index is -0.000000190. The minimum atomic E-state index is -1.27. The third-order valence-electron chi connectivity index (χ3n) is 4.77. The van der Waals surface area contributed by atoms with Gasteiger partial charge in [-0.3, -0.25) is 28.8 Å². The van der Waals surface area contributed by atoms with Crippen LogP contribution in [0.2, 0.25) is 0 Å². The van der Waals surface area contributed by atoms with Crippen LogP contribution >= 0.6 is 0 Å². The van der Waals surface area contributed by atoms with Crippen LogP contribution in [0.5, 0.6) is 0 Å². The van der Waals surface area contributed by atoms with Gasteiger partial charge >= 0.3 is 35.8 Å². The molecule has 212 valence electrons. The molecule has 0 saturated heterocycles. The first-order chi connectivity index (χ1) is 16.5. The fourth-order valence-electron chi connectivity index (χ4n) is 1.85. The van der Waals surface area contributed by atoms with Gasteiger partial charge in [0.2, 0.25) is 0 Å². The Bertz CT molecular complexity index is 549. The van der Waals surface area contributed by atoms with Crippen molar-refractivity contribution in [1.82, 2.24) is 0 Å². The third kappa shape index (κ3) is 18.1. The van der Waals surface area contributed by atoms with Crippen LogP contribution in [-0.2, 0) is 28.8 Å². The fourth-order valence-corrected chi connectivity index (χ4v) is 1.85. The zero-order chi connectivity index (χ0) is 29.6. The summed E-state index contributed by atoms with van der Waals surface area (Å²) in [6.45, 7) is 5.92. The Morgan fingerprint density at radius 3 is 0.639 bits per heavy atom. The van der Waals surface area contributed by atoms with Gasteiger partial charge in [0.15, 0.2) is 17.8 Å². The highest BCUT2D eigenvalue weighted by atomic mass is 16.4. The Morgan fingerprint density at radius 1 is 0.472 bits per heavy atom. The summed E-state index contributed by atoms with van der Waals surface area (Å²) in [7, 11) is 0. The number of carboxylic acids is 6. The number of hydrogen-bond acceptors (Lipinski definition) is 9. The molecule has 0 aliphatic heterocycles. The van der Waals surface area contributed by atoms with Gasteiger partial charge in [0.05, 0.1) is 19.8 Å².